The molecule has 2 atom stereocenters. The monoisotopic (exact) mass is 374 g/mol. The molecular formula is C20H26N2O5. The summed E-state index contributed by atoms with van der Waals surface area (Å²) in [5, 5.41) is 8.93. The molecule has 0 radical (unpaired) electrons. The van der Waals surface area contributed by atoms with E-state index in [0.29, 0.717) is 30.9 Å². The summed E-state index contributed by atoms with van der Waals surface area (Å²) in [5.41, 5.74) is 0.689. The van der Waals surface area contributed by atoms with Gasteiger partial charge in [0, 0.05) is 32.0 Å². The summed E-state index contributed by atoms with van der Waals surface area (Å²) in [6.07, 6.45) is 2.99. The number of anilines is 1. The van der Waals surface area contributed by atoms with Crippen LogP contribution in [-0.4, -0.2) is 53.0 Å². The summed E-state index contributed by atoms with van der Waals surface area (Å²) in [7, 11) is 0. The van der Waals surface area contributed by atoms with Crippen molar-refractivity contribution in [3.8, 4) is 5.75 Å². The molecule has 1 saturated heterocycles. The maximum atomic E-state index is 12.8. The van der Waals surface area contributed by atoms with Crippen LogP contribution in [0.5, 0.6) is 5.75 Å². The number of fused-ring (bicyclic) bond motifs is 1. The van der Waals surface area contributed by atoms with Crippen molar-refractivity contribution in [2.45, 2.75) is 57.6 Å². The van der Waals surface area contributed by atoms with Gasteiger partial charge in [0.2, 0.25) is 5.91 Å². The molecule has 1 aromatic rings. The molecule has 0 saturated carbocycles. The van der Waals surface area contributed by atoms with Crippen molar-refractivity contribution in [2.75, 3.05) is 18.0 Å². The molecule has 0 aromatic heterocycles. The van der Waals surface area contributed by atoms with Crippen molar-refractivity contribution in [1.82, 2.24) is 4.90 Å². The van der Waals surface area contributed by atoms with E-state index in [2.05, 4.69) is 0 Å². The van der Waals surface area contributed by atoms with Crippen LogP contribution in [0.2, 0.25) is 0 Å². The van der Waals surface area contributed by atoms with Crippen molar-refractivity contribution < 1.29 is 24.2 Å². The first-order valence-corrected chi connectivity index (χ1v) is 9.55. The zero-order chi connectivity index (χ0) is 19.4. The molecule has 2 amide bonds. The molecule has 3 rings (SSSR count). The fourth-order valence-corrected chi connectivity index (χ4v) is 3.86. The number of benzene rings is 1. The summed E-state index contributed by atoms with van der Waals surface area (Å²) in [6, 6.07) is 7.31. The van der Waals surface area contributed by atoms with Crippen LogP contribution in [-0.2, 0) is 14.4 Å². The highest BCUT2D eigenvalue weighted by molar-refractivity contribution is 6.00. The van der Waals surface area contributed by atoms with Gasteiger partial charge in [0.25, 0.3) is 5.91 Å². The Balaban J connectivity index is 1.65. The van der Waals surface area contributed by atoms with Crippen molar-refractivity contribution >= 4 is 23.5 Å². The number of aliphatic carboxylic acids is 1. The molecule has 27 heavy (non-hydrogen) atoms. The second kappa shape index (κ2) is 8.41. The lowest BCUT2D eigenvalue weighted by atomic mass is 9.97. The SMILES string of the molecule is CC1Oc2ccccc2N(CCC(=O)N2CCCCC2CCC(=O)O)C1=O. The van der Waals surface area contributed by atoms with Crippen LogP contribution >= 0.6 is 0 Å². The largest absolute Gasteiger partial charge is 0.481 e. The van der Waals surface area contributed by atoms with E-state index in [4.69, 9.17) is 9.84 Å². The Morgan fingerprint density at radius 3 is 2.78 bits per heavy atom. The maximum absolute atomic E-state index is 12.8. The van der Waals surface area contributed by atoms with Gasteiger partial charge in [-0.2, -0.15) is 0 Å². The lowest BCUT2D eigenvalue weighted by Crippen LogP contribution is -2.48. The number of nitrogens with zero attached hydrogens (tertiary/aromatic N) is 2. The predicted octanol–water partition coefficient (Wildman–Crippen LogP) is 2.44. The number of hydrogen-bond acceptors (Lipinski definition) is 4. The normalized spacial score (nSPS) is 22.2. The Hall–Kier alpha value is -2.57. The number of likely N-dealkylation sites (tertiary alicyclic amines) is 1. The van der Waals surface area contributed by atoms with Gasteiger partial charge in [0.05, 0.1) is 5.69 Å². The number of carboxylic acid groups (broad SMARTS) is 1. The highest BCUT2D eigenvalue weighted by Crippen LogP contribution is 2.33. The van der Waals surface area contributed by atoms with Crippen molar-refractivity contribution in [2.24, 2.45) is 0 Å². The highest BCUT2D eigenvalue weighted by atomic mass is 16.5. The molecule has 146 valence electrons. The van der Waals surface area contributed by atoms with Gasteiger partial charge >= 0.3 is 5.97 Å². The van der Waals surface area contributed by atoms with E-state index in [1.807, 2.05) is 29.2 Å². The minimum atomic E-state index is -0.836. The molecule has 2 heterocycles. The minimum absolute atomic E-state index is 0.0190. The van der Waals surface area contributed by atoms with E-state index < -0.39 is 12.1 Å². The molecule has 7 nitrogen and oxygen atoms in total. The fraction of sp³-hybridized carbons (Fsp3) is 0.550. The van der Waals surface area contributed by atoms with Gasteiger partial charge in [0.1, 0.15) is 5.75 Å². The molecule has 1 N–H and O–H groups in total. The van der Waals surface area contributed by atoms with Crippen molar-refractivity contribution in [1.29, 1.82) is 0 Å². The predicted molar refractivity (Wildman–Crippen MR) is 99.7 cm³/mol. The van der Waals surface area contributed by atoms with Gasteiger partial charge in [-0.05, 0) is 44.7 Å². The molecule has 0 aliphatic carbocycles. The number of hydrogen-bond donors (Lipinski definition) is 1. The number of carbonyl (C=O) groups excluding carboxylic acids is 2. The third-order valence-electron chi connectivity index (χ3n) is 5.26. The third kappa shape index (κ3) is 4.40. The van der Waals surface area contributed by atoms with Crippen LogP contribution < -0.4 is 9.64 Å². The molecular weight excluding hydrogens is 348 g/mol. The topological polar surface area (TPSA) is 87.2 Å². The molecule has 2 aliphatic heterocycles. The summed E-state index contributed by atoms with van der Waals surface area (Å²) in [4.78, 5) is 39.6. The van der Waals surface area contributed by atoms with E-state index in [1.165, 1.54) is 0 Å². The Bertz CT molecular complexity index is 720. The molecule has 1 fully saturated rings. The van der Waals surface area contributed by atoms with Crippen molar-refractivity contribution in [3.05, 3.63) is 24.3 Å². The summed E-state index contributed by atoms with van der Waals surface area (Å²) in [5.74, 6) is -0.357. The number of ether oxygens (including phenoxy) is 1. The van der Waals surface area contributed by atoms with Gasteiger partial charge in [-0.1, -0.05) is 12.1 Å². The van der Waals surface area contributed by atoms with Crippen LogP contribution in [0.3, 0.4) is 0 Å². The van der Waals surface area contributed by atoms with E-state index in [1.54, 1.807) is 11.8 Å². The second-order valence-corrected chi connectivity index (χ2v) is 7.14. The van der Waals surface area contributed by atoms with Crippen LogP contribution in [0.15, 0.2) is 24.3 Å². The van der Waals surface area contributed by atoms with E-state index in [9.17, 15) is 14.4 Å². The molecule has 7 heteroatoms. The van der Waals surface area contributed by atoms with E-state index in [-0.39, 0.29) is 30.7 Å². The number of carbonyl (C=O) groups is 3. The lowest BCUT2D eigenvalue weighted by Gasteiger charge is -2.37. The first-order valence-electron chi connectivity index (χ1n) is 9.55. The van der Waals surface area contributed by atoms with E-state index in [0.717, 1.165) is 19.3 Å². The van der Waals surface area contributed by atoms with Crippen LogP contribution in [0.25, 0.3) is 0 Å². The number of piperidine rings is 1. The smallest absolute Gasteiger partial charge is 0.303 e. The quantitative estimate of drug-likeness (QED) is 0.826. The Labute approximate surface area is 158 Å². The number of para-hydroxylation sites is 2. The Morgan fingerprint density at radius 1 is 1.22 bits per heavy atom. The van der Waals surface area contributed by atoms with Gasteiger partial charge in [-0.25, -0.2) is 0 Å². The van der Waals surface area contributed by atoms with Crippen LogP contribution in [0.4, 0.5) is 5.69 Å². The highest BCUT2D eigenvalue weighted by Gasteiger charge is 2.33. The fourth-order valence-electron chi connectivity index (χ4n) is 3.86. The first-order chi connectivity index (χ1) is 13.0. The lowest BCUT2D eigenvalue weighted by molar-refractivity contribution is -0.140. The third-order valence-corrected chi connectivity index (χ3v) is 5.26. The van der Waals surface area contributed by atoms with Crippen molar-refractivity contribution in [3.63, 3.8) is 0 Å². The Kier molecular flexibility index (Phi) is 5.98. The standard InChI is InChI=1S/C20H26N2O5/c1-14-20(26)22(16-7-2-3-8-17(16)27-14)13-11-18(23)21-12-5-4-6-15(21)9-10-19(24)25/h2-3,7-8,14-15H,4-6,9-13H2,1H3,(H,24,25). The molecule has 0 spiro atoms. The zero-order valence-electron chi connectivity index (χ0n) is 15.6. The zero-order valence-corrected chi connectivity index (χ0v) is 15.6. The summed E-state index contributed by atoms with van der Waals surface area (Å²) < 4.78 is 5.63. The molecule has 1 aromatic carbocycles. The average Bonchev–Trinajstić information content (AvgIpc) is 2.66. The van der Waals surface area contributed by atoms with Crippen LogP contribution in [0.1, 0.15) is 45.4 Å². The molecule has 2 unspecified atom stereocenters. The Morgan fingerprint density at radius 2 is 2.00 bits per heavy atom. The van der Waals surface area contributed by atoms with Crippen LogP contribution in [0, 0.1) is 0 Å². The van der Waals surface area contributed by atoms with E-state index >= 15 is 0 Å². The van der Waals surface area contributed by atoms with Gasteiger partial charge < -0.3 is 19.6 Å². The van der Waals surface area contributed by atoms with Gasteiger partial charge in [0.15, 0.2) is 6.10 Å². The summed E-state index contributed by atoms with van der Waals surface area (Å²) in [6.45, 7) is 2.66. The van der Waals surface area contributed by atoms with Gasteiger partial charge in [-0.3, -0.25) is 14.4 Å². The average molecular weight is 374 g/mol. The second-order valence-electron chi connectivity index (χ2n) is 7.14. The number of rotatable bonds is 6. The first kappa shape index (κ1) is 19.2. The number of amides is 2. The summed E-state index contributed by atoms with van der Waals surface area (Å²) >= 11 is 0. The maximum Gasteiger partial charge on any atom is 0.303 e. The van der Waals surface area contributed by atoms with Gasteiger partial charge in [-0.15, -0.1) is 0 Å². The minimum Gasteiger partial charge on any atom is -0.481 e. The molecule has 2 aliphatic rings. The molecule has 0 bridgehead atoms. The number of carboxylic acids is 1.